The maximum Gasteiger partial charge on any atom is 0.238 e. The highest BCUT2D eigenvalue weighted by Crippen LogP contribution is 2.24. The molecule has 0 fully saturated rings. The molecule has 0 radical (unpaired) electrons. The molecular weight excluding hydrogens is 324 g/mol. The van der Waals surface area contributed by atoms with E-state index in [-0.39, 0.29) is 18.5 Å². The summed E-state index contributed by atoms with van der Waals surface area (Å²) in [6, 6.07) is 22.0. The highest BCUT2D eigenvalue weighted by atomic mass is 16.5. The van der Waals surface area contributed by atoms with Gasteiger partial charge in [-0.2, -0.15) is 0 Å². The maximum absolute atomic E-state index is 12.2. The molecule has 1 atom stereocenters. The van der Waals surface area contributed by atoms with Gasteiger partial charge in [0, 0.05) is 11.7 Å². The summed E-state index contributed by atoms with van der Waals surface area (Å²) in [5.74, 6) is 0.731. The minimum atomic E-state index is -0.0683. The largest absolute Gasteiger partial charge is 0.494 e. The number of carbonyl (C=O) groups excluding carboxylic acids is 1. The minimum absolute atomic E-state index is 0.0683. The van der Waals surface area contributed by atoms with Crippen LogP contribution in [0.1, 0.15) is 25.5 Å². The van der Waals surface area contributed by atoms with Gasteiger partial charge in [0.15, 0.2) is 0 Å². The van der Waals surface area contributed by atoms with Crippen LogP contribution in [-0.4, -0.2) is 19.1 Å². The van der Waals surface area contributed by atoms with E-state index in [0.717, 1.165) is 11.4 Å². The molecule has 26 heavy (non-hydrogen) atoms. The number of ether oxygens (including phenoxy) is 1. The first-order chi connectivity index (χ1) is 12.7. The van der Waals surface area contributed by atoms with Crippen LogP contribution < -0.4 is 15.4 Å². The fraction of sp³-hybridized carbons (Fsp3) is 0.227. The van der Waals surface area contributed by atoms with E-state index >= 15 is 0 Å². The molecule has 134 valence electrons. The second-order valence-corrected chi connectivity index (χ2v) is 6.18. The number of nitrogens with one attached hydrogen (secondary N) is 2. The zero-order valence-electron chi connectivity index (χ0n) is 15.2. The SMILES string of the molecule is CCOc1ccc(NC(=O)CN[C@H](C)c2cccc3ccccc23)cc1. The first-order valence-corrected chi connectivity index (χ1v) is 8.91. The lowest BCUT2D eigenvalue weighted by atomic mass is 10.00. The molecule has 3 rings (SSSR count). The number of anilines is 1. The van der Waals surface area contributed by atoms with Crippen molar-refractivity contribution in [2.75, 3.05) is 18.5 Å². The third kappa shape index (κ3) is 4.41. The van der Waals surface area contributed by atoms with E-state index in [4.69, 9.17) is 4.74 Å². The molecule has 4 nitrogen and oxygen atoms in total. The van der Waals surface area contributed by atoms with Crippen LogP contribution in [0, 0.1) is 0 Å². The van der Waals surface area contributed by atoms with Gasteiger partial charge < -0.3 is 15.4 Å². The molecule has 2 N–H and O–H groups in total. The minimum Gasteiger partial charge on any atom is -0.494 e. The summed E-state index contributed by atoms with van der Waals surface area (Å²) in [5, 5.41) is 8.62. The van der Waals surface area contributed by atoms with Crippen LogP contribution in [0.3, 0.4) is 0 Å². The Morgan fingerprint density at radius 2 is 1.73 bits per heavy atom. The normalized spacial score (nSPS) is 11.9. The Hall–Kier alpha value is -2.85. The molecule has 0 aliphatic heterocycles. The van der Waals surface area contributed by atoms with Crippen molar-refractivity contribution in [3.8, 4) is 5.75 Å². The van der Waals surface area contributed by atoms with Gasteiger partial charge in [-0.25, -0.2) is 0 Å². The zero-order valence-corrected chi connectivity index (χ0v) is 15.2. The topological polar surface area (TPSA) is 50.4 Å². The van der Waals surface area contributed by atoms with Crippen LogP contribution in [0.25, 0.3) is 10.8 Å². The number of hydrogen-bond acceptors (Lipinski definition) is 3. The molecule has 0 unspecified atom stereocenters. The fourth-order valence-electron chi connectivity index (χ4n) is 2.99. The van der Waals surface area contributed by atoms with Gasteiger partial charge >= 0.3 is 0 Å². The second kappa shape index (κ2) is 8.50. The number of carbonyl (C=O) groups is 1. The molecule has 0 aliphatic carbocycles. The van der Waals surface area contributed by atoms with Crippen molar-refractivity contribution in [2.24, 2.45) is 0 Å². The zero-order chi connectivity index (χ0) is 18.4. The average molecular weight is 348 g/mol. The van der Waals surface area contributed by atoms with E-state index in [1.807, 2.05) is 43.3 Å². The van der Waals surface area contributed by atoms with E-state index < -0.39 is 0 Å². The monoisotopic (exact) mass is 348 g/mol. The van der Waals surface area contributed by atoms with Gasteiger partial charge in [0.05, 0.1) is 13.2 Å². The van der Waals surface area contributed by atoms with Crippen molar-refractivity contribution in [3.05, 3.63) is 72.3 Å². The lowest BCUT2D eigenvalue weighted by molar-refractivity contribution is -0.115. The lowest BCUT2D eigenvalue weighted by Crippen LogP contribution is -2.30. The summed E-state index contributed by atoms with van der Waals surface area (Å²) < 4.78 is 5.40. The molecule has 0 saturated heterocycles. The first-order valence-electron chi connectivity index (χ1n) is 8.91. The molecule has 0 aromatic heterocycles. The van der Waals surface area contributed by atoms with Crippen LogP contribution in [0.4, 0.5) is 5.69 Å². The number of fused-ring (bicyclic) bond motifs is 1. The molecule has 0 saturated carbocycles. The van der Waals surface area contributed by atoms with Crippen LogP contribution in [0.5, 0.6) is 5.75 Å². The molecule has 0 heterocycles. The molecule has 0 spiro atoms. The molecule has 0 bridgehead atoms. The van der Waals surface area contributed by atoms with Crippen molar-refractivity contribution in [3.63, 3.8) is 0 Å². The standard InChI is InChI=1S/C22H24N2O2/c1-3-26-19-13-11-18(12-14-19)24-22(25)15-23-16(2)20-10-6-8-17-7-4-5-9-21(17)20/h4-14,16,23H,3,15H2,1-2H3,(H,24,25)/t16-/m1/s1. The van der Waals surface area contributed by atoms with Gasteiger partial charge in [-0.3, -0.25) is 4.79 Å². The summed E-state index contributed by atoms with van der Waals surface area (Å²) in [6.45, 7) is 4.89. The Kier molecular flexibility index (Phi) is 5.87. The quantitative estimate of drug-likeness (QED) is 0.660. The number of hydrogen-bond donors (Lipinski definition) is 2. The summed E-state index contributed by atoms with van der Waals surface area (Å²) in [7, 11) is 0. The van der Waals surface area contributed by atoms with Gasteiger partial charge in [0.25, 0.3) is 0 Å². The fourth-order valence-corrected chi connectivity index (χ4v) is 2.99. The van der Waals surface area contributed by atoms with Crippen molar-refractivity contribution < 1.29 is 9.53 Å². The van der Waals surface area contributed by atoms with Gasteiger partial charge in [-0.1, -0.05) is 42.5 Å². The molecule has 0 aliphatic rings. The Bertz CT molecular complexity index is 869. The molecule has 3 aromatic rings. The Morgan fingerprint density at radius 1 is 1.00 bits per heavy atom. The van der Waals surface area contributed by atoms with Gasteiger partial charge in [0.2, 0.25) is 5.91 Å². The van der Waals surface area contributed by atoms with Gasteiger partial charge in [-0.15, -0.1) is 0 Å². The van der Waals surface area contributed by atoms with Crippen LogP contribution >= 0.6 is 0 Å². The molecule has 1 amide bonds. The predicted octanol–water partition coefficient (Wildman–Crippen LogP) is 4.53. The Balaban J connectivity index is 1.58. The van der Waals surface area contributed by atoms with E-state index in [1.165, 1.54) is 16.3 Å². The maximum atomic E-state index is 12.2. The van der Waals surface area contributed by atoms with E-state index in [1.54, 1.807) is 0 Å². The summed E-state index contributed by atoms with van der Waals surface area (Å²) >= 11 is 0. The number of rotatable bonds is 7. The third-order valence-electron chi connectivity index (χ3n) is 4.31. The summed E-state index contributed by atoms with van der Waals surface area (Å²) in [5.41, 5.74) is 1.95. The molecule has 4 heteroatoms. The number of amides is 1. The highest BCUT2D eigenvalue weighted by Gasteiger charge is 2.10. The lowest BCUT2D eigenvalue weighted by Gasteiger charge is -2.16. The van der Waals surface area contributed by atoms with E-state index in [0.29, 0.717) is 6.61 Å². The average Bonchev–Trinajstić information content (AvgIpc) is 2.67. The Morgan fingerprint density at radius 3 is 2.50 bits per heavy atom. The molecular formula is C22H24N2O2. The van der Waals surface area contributed by atoms with Crippen molar-refractivity contribution in [2.45, 2.75) is 19.9 Å². The third-order valence-corrected chi connectivity index (χ3v) is 4.31. The van der Waals surface area contributed by atoms with E-state index in [9.17, 15) is 4.79 Å². The molecule has 3 aromatic carbocycles. The van der Waals surface area contributed by atoms with Crippen LogP contribution in [0.15, 0.2) is 66.7 Å². The van der Waals surface area contributed by atoms with E-state index in [2.05, 4.69) is 47.9 Å². The smallest absolute Gasteiger partial charge is 0.238 e. The summed E-state index contributed by atoms with van der Waals surface area (Å²) in [6.07, 6.45) is 0. The van der Waals surface area contributed by atoms with Crippen LogP contribution in [0.2, 0.25) is 0 Å². The summed E-state index contributed by atoms with van der Waals surface area (Å²) in [4.78, 5) is 12.2. The van der Waals surface area contributed by atoms with Crippen LogP contribution in [-0.2, 0) is 4.79 Å². The number of benzene rings is 3. The van der Waals surface area contributed by atoms with Crippen molar-refractivity contribution in [1.82, 2.24) is 5.32 Å². The Labute approximate surface area is 154 Å². The second-order valence-electron chi connectivity index (χ2n) is 6.18. The van der Waals surface area contributed by atoms with Crippen molar-refractivity contribution >= 4 is 22.4 Å². The predicted molar refractivity (Wildman–Crippen MR) is 107 cm³/mol. The van der Waals surface area contributed by atoms with Crippen molar-refractivity contribution in [1.29, 1.82) is 0 Å². The highest BCUT2D eigenvalue weighted by molar-refractivity contribution is 5.92. The van der Waals surface area contributed by atoms with Gasteiger partial charge in [-0.05, 0) is 54.4 Å². The van der Waals surface area contributed by atoms with Gasteiger partial charge in [0.1, 0.15) is 5.75 Å². The first kappa shape index (κ1) is 18.0.